The largest absolute Gasteiger partial charge is 0.326 e. The number of carbonyl (C=O) groups excluding carboxylic acids is 1. The van der Waals surface area contributed by atoms with Gasteiger partial charge in [-0.05, 0) is 30.7 Å². The summed E-state index contributed by atoms with van der Waals surface area (Å²) in [6.45, 7) is 1.40. The number of nitrogens with zero attached hydrogens (tertiary/aromatic N) is 2. The van der Waals surface area contributed by atoms with E-state index in [0.717, 1.165) is 20.2 Å². The van der Waals surface area contributed by atoms with Crippen LogP contribution in [-0.2, 0) is 15.0 Å². The highest BCUT2D eigenvalue weighted by Crippen LogP contribution is 2.39. The average molecular weight is 349 g/mol. The molecule has 0 saturated carbocycles. The van der Waals surface area contributed by atoms with Crippen molar-refractivity contribution in [3.8, 4) is 0 Å². The lowest BCUT2D eigenvalue weighted by Gasteiger charge is -2.19. The lowest BCUT2D eigenvalue weighted by Crippen LogP contribution is -2.40. The van der Waals surface area contributed by atoms with Gasteiger partial charge in [-0.1, -0.05) is 18.2 Å². The van der Waals surface area contributed by atoms with Crippen molar-refractivity contribution < 1.29 is 17.6 Å². The van der Waals surface area contributed by atoms with Crippen LogP contribution >= 0.6 is 0 Å². The Labute approximate surface area is 139 Å². The third kappa shape index (κ3) is 2.69. The van der Waals surface area contributed by atoms with Gasteiger partial charge in [0.15, 0.2) is 0 Å². The summed E-state index contributed by atoms with van der Waals surface area (Å²) in [6.07, 6.45) is 0. The molecule has 1 heterocycles. The van der Waals surface area contributed by atoms with Gasteiger partial charge in [-0.3, -0.25) is 9.10 Å². The molecule has 0 unspecified atom stereocenters. The number of aryl methyl sites for hydroxylation is 1. The smallest absolute Gasteiger partial charge is 0.324 e. The van der Waals surface area contributed by atoms with E-state index in [0.29, 0.717) is 11.4 Å². The van der Waals surface area contributed by atoms with Gasteiger partial charge >= 0.3 is 10.2 Å². The second-order valence-electron chi connectivity index (χ2n) is 5.48. The molecule has 6 nitrogen and oxygen atoms in total. The van der Waals surface area contributed by atoms with Crippen molar-refractivity contribution in [2.24, 2.45) is 0 Å². The van der Waals surface area contributed by atoms with Gasteiger partial charge in [0.05, 0.1) is 11.4 Å². The molecule has 0 aromatic heterocycles. The summed E-state index contributed by atoms with van der Waals surface area (Å²) in [4.78, 5) is 12.3. The standard InChI is InChI=1S/C16H16FN3O3S/c1-11-5-3-4-6-13(11)18-16(21)10-20-15-9-12(17)7-8-14(15)19(2)24(20,22)23/h3-9H,10H2,1-2H3,(H,18,21). The molecule has 0 spiro atoms. The molecule has 1 aliphatic rings. The monoisotopic (exact) mass is 349 g/mol. The number of hydrogen-bond acceptors (Lipinski definition) is 3. The van der Waals surface area contributed by atoms with E-state index in [9.17, 15) is 17.6 Å². The number of anilines is 3. The van der Waals surface area contributed by atoms with Crippen molar-refractivity contribution in [3.05, 3.63) is 53.8 Å². The molecule has 2 aromatic rings. The van der Waals surface area contributed by atoms with Gasteiger partial charge in [0.25, 0.3) is 0 Å². The number of hydrogen-bond donors (Lipinski definition) is 1. The second-order valence-corrected chi connectivity index (χ2v) is 7.36. The number of nitrogens with one attached hydrogen (secondary N) is 1. The summed E-state index contributed by atoms with van der Waals surface area (Å²) in [5.41, 5.74) is 1.95. The van der Waals surface area contributed by atoms with Crippen LogP contribution in [0.25, 0.3) is 0 Å². The minimum atomic E-state index is -3.90. The number of carbonyl (C=O) groups is 1. The van der Waals surface area contributed by atoms with Crippen LogP contribution < -0.4 is 13.9 Å². The fourth-order valence-electron chi connectivity index (χ4n) is 2.56. The fraction of sp³-hybridized carbons (Fsp3) is 0.188. The van der Waals surface area contributed by atoms with Crippen LogP contribution in [-0.4, -0.2) is 27.9 Å². The summed E-state index contributed by atoms with van der Waals surface area (Å²) in [5.74, 6) is -1.07. The number of para-hydroxylation sites is 1. The first-order valence-electron chi connectivity index (χ1n) is 7.22. The maximum absolute atomic E-state index is 13.5. The van der Waals surface area contributed by atoms with Crippen molar-refractivity contribution in [2.75, 3.05) is 27.5 Å². The maximum Gasteiger partial charge on any atom is 0.326 e. The van der Waals surface area contributed by atoms with E-state index >= 15 is 0 Å². The lowest BCUT2D eigenvalue weighted by atomic mass is 10.2. The fourth-order valence-corrected chi connectivity index (χ4v) is 3.93. The Morgan fingerprint density at radius 2 is 1.88 bits per heavy atom. The summed E-state index contributed by atoms with van der Waals surface area (Å²) >= 11 is 0. The number of fused-ring (bicyclic) bond motifs is 1. The van der Waals surface area contributed by atoms with E-state index in [2.05, 4.69) is 5.32 Å². The molecular weight excluding hydrogens is 333 g/mol. The van der Waals surface area contributed by atoms with E-state index < -0.39 is 28.5 Å². The zero-order valence-corrected chi connectivity index (χ0v) is 14.0. The van der Waals surface area contributed by atoms with Crippen LogP contribution in [0.5, 0.6) is 0 Å². The molecule has 0 saturated heterocycles. The molecular formula is C16H16FN3O3S. The maximum atomic E-state index is 13.5. The van der Waals surface area contributed by atoms with Gasteiger partial charge < -0.3 is 5.32 Å². The van der Waals surface area contributed by atoms with Crippen molar-refractivity contribution in [2.45, 2.75) is 6.92 Å². The minimum Gasteiger partial charge on any atom is -0.324 e. The zero-order valence-electron chi connectivity index (χ0n) is 13.2. The summed E-state index contributed by atoms with van der Waals surface area (Å²) in [5, 5.41) is 2.68. The molecule has 0 aliphatic carbocycles. The molecule has 1 aliphatic heterocycles. The first-order valence-corrected chi connectivity index (χ1v) is 8.62. The predicted octanol–water partition coefficient (Wildman–Crippen LogP) is 2.27. The highest BCUT2D eigenvalue weighted by molar-refractivity contribution is 7.94. The van der Waals surface area contributed by atoms with Gasteiger partial charge in [-0.15, -0.1) is 0 Å². The Balaban J connectivity index is 1.88. The van der Waals surface area contributed by atoms with Crippen LogP contribution in [0.1, 0.15) is 5.56 Å². The van der Waals surface area contributed by atoms with Crippen LogP contribution in [0.2, 0.25) is 0 Å². The van der Waals surface area contributed by atoms with E-state index in [1.807, 2.05) is 19.1 Å². The van der Waals surface area contributed by atoms with Crippen molar-refractivity contribution in [1.82, 2.24) is 0 Å². The summed E-state index contributed by atoms with van der Waals surface area (Å²) < 4.78 is 40.4. The number of amides is 1. The zero-order chi connectivity index (χ0) is 17.5. The van der Waals surface area contributed by atoms with Gasteiger partial charge in [0.1, 0.15) is 12.4 Å². The Morgan fingerprint density at radius 1 is 1.17 bits per heavy atom. The number of benzene rings is 2. The van der Waals surface area contributed by atoms with E-state index in [4.69, 9.17) is 0 Å². The molecule has 3 rings (SSSR count). The quantitative estimate of drug-likeness (QED) is 0.924. The van der Waals surface area contributed by atoms with Crippen LogP contribution in [0.15, 0.2) is 42.5 Å². The van der Waals surface area contributed by atoms with Crippen molar-refractivity contribution in [3.63, 3.8) is 0 Å². The number of rotatable bonds is 3. The Bertz CT molecular complexity index is 915. The molecule has 8 heteroatoms. The molecule has 0 atom stereocenters. The third-order valence-corrected chi connectivity index (χ3v) is 5.65. The van der Waals surface area contributed by atoms with Crippen LogP contribution in [0, 0.1) is 12.7 Å². The Hall–Kier alpha value is -2.61. The molecule has 0 fully saturated rings. The third-order valence-electron chi connectivity index (χ3n) is 3.88. The second kappa shape index (κ2) is 5.79. The molecule has 1 N–H and O–H groups in total. The van der Waals surface area contributed by atoms with E-state index in [-0.39, 0.29) is 5.69 Å². The number of halogens is 1. The Kier molecular flexibility index (Phi) is 3.92. The van der Waals surface area contributed by atoms with E-state index in [1.165, 1.54) is 19.2 Å². The average Bonchev–Trinajstić information content (AvgIpc) is 2.70. The lowest BCUT2D eigenvalue weighted by molar-refractivity contribution is -0.114. The topological polar surface area (TPSA) is 69.7 Å². The normalized spacial score (nSPS) is 15.3. The van der Waals surface area contributed by atoms with Gasteiger partial charge in [0, 0.05) is 18.8 Å². The molecule has 2 aromatic carbocycles. The molecule has 0 radical (unpaired) electrons. The molecule has 1 amide bonds. The van der Waals surface area contributed by atoms with E-state index in [1.54, 1.807) is 12.1 Å². The van der Waals surface area contributed by atoms with Crippen molar-refractivity contribution >= 4 is 33.2 Å². The predicted molar refractivity (Wildman–Crippen MR) is 90.9 cm³/mol. The van der Waals surface area contributed by atoms with Crippen LogP contribution in [0.4, 0.5) is 21.5 Å². The minimum absolute atomic E-state index is 0.150. The molecule has 24 heavy (non-hydrogen) atoms. The molecule has 0 bridgehead atoms. The Morgan fingerprint density at radius 3 is 2.58 bits per heavy atom. The summed E-state index contributed by atoms with van der Waals surface area (Å²) in [7, 11) is -2.53. The van der Waals surface area contributed by atoms with Gasteiger partial charge in [-0.2, -0.15) is 8.42 Å². The first-order chi connectivity index (χ1) is 11.3. The van der Waals surface area contributed by atoms with Crippen LogP contribution in [0.3, 0.4) is 0 Å². The SMILES string of the molecule is Cc1ccccc1NC(=O)CN1c2cc(F)ccc2N(C)S1(=O)=O. The highest BCUT2D eigenvalue weighted by atomic mass is 32.2. The van der Waals surface area contributed by atoms with Crippen molar-refractivity contribution in [1.29, 1.82) is 0 Å². The molecule has 126 valence electrons. The highest BCUT2D eigenvalue weighted by Gasteiger charge is 2.39. The summed E-state index contributed by atoms with van der Waals surface area (Å²) in [6, 6.07) is 10.8. The van der Waals surface area contributed by atoms with Gasteiger partial charge in [0.2, 0.25) is 5.91 Å². The first kappa shape index (κ1) is 16.3. The van der Waals surface area contributed by atoms with Gasteiger partial charge in [-0.25, -0.2) is 8.70 Å².